The van der Waals surface area contributed by atoms with Gasteiger partial charge >= 0.3 is 5.97 Å². The Kier molecular flexibility index (Phi) is 12.3. The Balaban J connectivity index is 0.000000189. The Labute approximate surface area is 359 Å². The number of aliphatic hydroxyl groups is 5. The van der Waals surface area contributed by atoms with Gasteiger partial charge in [0, 0.05) is 28.6 Å². The van der Waals surface area contributed by atoms with Crippen molar-refractivity contribution < 1.29 is 58.6 Å². The molecule has 0 aliphatic heterocycles. The maximum Gasteiger partial charge on any atom is 0.320 e. The van der Waals surface area contributed by atoms with Gasteiger partial charge in [-0.1, -0.05) is 53.2 Å². The Hall–Kier alpha value is -2.94. The molecule has 0 aromatic rings. The van der Waals surface area contributed by atoms with Gasteiger partial charge in [0.2, 0.25) is 5.78 Å². The lowest BCUT2D eigenvalue weighted by atomic mass is 9.45. The van der Waals surface area contributed by atoms with Crippen LogP contribution in [0.5, 0.6) is 0 Å². The van der Waals surface area contributed by atoms with Crippen molar-refractivity contribution in [3.05, 3.63) is 35.5 Å². The van der Waals surface area contributed by atoms with Gasteiger partial charge in [0.1, 0.15) is 24.0 Å². The number of carbonyl (C=O) groups is 5. The van der Waals surface area contributed by atoms with Gasteiger partial charge in [-0.15, -0.1) is 0 Å². The Morgan fingerprint density at radius 1 is 0.820 bits per heavy atom. The molecule has 61 heavy (non-hydrogen) atoms. The molecule has 8 rings (SSSR count). The summed E-state index contributed by atoms with van der Waals surface area (Å²) in [5.41, 5.74) is -4.34. The summed E-state index contributed by atoms with van der Waals surface area (Å²) < 4.78 is 20.4. The smallest absolute Gasteiger partial charge is 0.320 e. The third kappa shape index (κ3) is 7.01. The standard InChI is InChI=1S/C27H41NO6.C21H27FO5/c1-5-28(6-2)15-23(32)34-16-22(31)27(33)12-10-20-19-8-7-17-13-18(29)9-11-25(17,3)24(19)21(30)14-26(20,27)4;1-19-5-3-11(24)7-14(19)15(22)8-12-13-4-6-21(27,17(26)10-23)20(13,2)9-16(25)18(12)19/h13,19-21,24,30,33H,5-12,14-16H2,1-4H3;3,5,7,12-13,15-16,18,23,25,27H,4,6,8-10H2,1-2H3/t19-,20-,21-,24+,25-,26-,27-;12-,13-,15-,16-,18+,19-,20-,21-/m00/s1. The van der Waals surface area contributed by atoms with Crippen molar-refractivity contribution in [1.29, 1.82) is 0 Å². The van der Waals surface area contributed by atoms with Crippen molar-refractivity contribution in [3.63, 3.8) is 0 Å². The third-order valence-electron chi connectivity index (χ3n) is 18.4. The van der Waals surface area contributed by atoms with Crippen LogP contribution in [0.15, 0.2) is 35.5 Å². The lowest BCUT2D eigenvalue weighted by Crippen LogP contribution is -2.62. The number of hydrogen-bond acceptors (Lipinski definition) is 12. The first-order valence-corrected chi connectivity index (χ1v) is 22.8. The zero-order chi connectivity index (χ0) is 44.7. The van der Waals surface area contributed by atoms with Gasteiger partial charge in [0.15, 0.2) is 24.0 Å². The van der Waals surface area contributed by atoms with Crippen LogP contribution in [0.4, 0.5) is 4.39 Å². The minimum absolute atomic E-state index is 0.0306. The minimum Gasteiger partial charge on any atom is -0.457 e. The summed E-state index contributed by atoms with van der Waals surface area (Å²) >= 11 is 0. The number of Topliss-reactive ketones (excluding diaryl/α,β-unsaturated/α-hetero) is 2. The fourth-order valence-corrected chi connectivity index (χ4v) is 15.0. The number of nitrogens with zero attached hydrogens (tertiary/aromatic N) is 1. The number of hydrogen-bond donors (Lipinski definition) is 5. The number of aliphatic hydroxyl groups excluding tert-OH is 3. The zero-order valence-electron chi connectivity index (χ0n) is 36.8. The van der Waals surface area contributed by atoms with Gasteiger partial charge in [-0.25, -0.2) is 4.39 Å². The maximum atomic E-state index is 15.1. The molecule has 15 atom stereocenters. The van der Waals surface area contributed by atoms with Gasteiger partial charge in [-0.3, -0.25) is 28.9 Å². The molecule has 12 nitrogen and oxygen atoms in total. The summed E-state index contributed by atoms with van der Waals surface area (Å²) in [6.45, 7) is 12.1. The SMILES string of the molecule is CCN(CC)CC(=O)OCC(=O)[C@@]1(O)CC[C@H]2[C@@H]3CCC4=CC(=O)CC[C@]4(C)[C@H]3[C@@H](O)C[C@@]21C.C[C@]12C=CC(=O)C=C1[C@@H](F)C[C@@H]1[C@@H]2[C@@H](O)C[C@@]2(C)[C@H]1CC[C@]2(O)C(=O)CO. The first-order chi connectivity index (χ1) is 28.6. The zero-order valence-corrected chi connectivity index (χ0v) is 36.8. The van der Waals surface area contributed by atoms with Crippen molar-refractivity contribution in [3.8, 4) is 0 Å². The summed E-state index contributed by atoms with van der Waals surface area (Å²) in [6, 6.07) is 0. The Bertz CT molecular complexity index is 1910. The van der Waals surface area contributed by atoms with Crippen LogP contribution in [0.2, 0.25) is 0 Å². The van der Waals surface area contributed by atoms with E-state index in [1.165, 1.54) is 12.2 Å². The summed E-state index contributed by atoms with van der Waals surface area (Å²) in [6.07, 6.45) is 9.05. The first kappa shape index (κ1) is 46.1. The van der Waals surface area contributed by atoms with Gasteiger partial charge in [0.05, 0.1) is 18.8 Å². The molecule has 0 unspecified atom stereocenters. The molecular weight excluding hydrogens is 786 g/mol. The molecule has 0 spiro atoms. The van der Waals surface area contributed by atoms with E-state index in [0.29, 0.717) is 50.8 Å². The first-order valence-electron chi connectivity index (χ1n) is 22.8. The quantitative estimate of drug-likeness (QED) is 0.208. The molecule has 8 aliphatic carbocycles. The molecule has 8 aliphatic rings. The average Bonchev–Trinajstić information content (AvgIpc) is 3.64. The number of rotatable bonds is 9. The molecule has 0 amide bonds. The average molecular weight is 854 g/mol. The molecule has 0 heterocycles. The number of alkyl halides is 1. The predicted octanol–water partition coefficient (Wildman–Crippen LogP) is 4.18. The van der Waals surface area contributed by atoms with Crippen molar-refractivity contribution in [2.45, 2.75) is 142 Å². The van der Waals surface area contributed by atoms with Crippen LogP contribution in [0.1, 0.15) is 112 Å². The molecule has 0 bridgehead atoms. The van der Waals surface area contributed by atoms with Gasteiger partial charge in [-0.2, -0.15) is 0 Å². The van der Waals surface area contributed by atoms with E-state index in [-0.39, 0.29) is 78.3 Å². The topological polar surface area (TPSA) is 199 Å². The molecule has 13 heteroatoms. The van der Waals surface area contributed by atoms with Crippen LogP contribution >= 0.6 is 0 Å². The maximum absolute atomic E-state index is 15.1. The van der Waals surface area contributed by atoms with E-state index < -0.39 is 76.6 Å². The largest absolute Gasteiger partial charge is 0.457 e. The highest BCUT2D eigenvalue weighted by Gasteiger charge is 2.70. The Morgan fingerprint density at radius 2 is 1.41 bits per heavy atom. The predicted molar refractivity (Wildman–Crippen MR) is 222 cm³/mol. The fraction of sp³-hybridized carbons (Fsp3) is 0.771. The van der Waals surface area contributed by atoms with Crippen LogP contribution in [0.25, 0.3) is 0 Å². The Morgan fingerprint density at radius 3 is 2.02 bits per heavy atom. The van der Waals surface area contributed by atoms with Crippen molar-refractivity contribution in [2.24, 2.45) is 57.2 Å². The monoisotopic (exact) mass is 853 g/mol. The normalized spacial score (nSPS) is 45.8. The van der Waals surface area contributed by atoms with Crippen LogP contribution in [-0.4, -0.2) is 122 Å². The number of likely N-dealkylation sites (N-methyl/N-ethyl adjacent to an activating group) is 1. The number of fused-ring (bicyclic) bond motifs is 10. The minimum atomic E-state index is -1.69. The molecule has 5 N–H and O–H groups in total. The van der Waals surface area contributed by atoms with E-state index in [0.717, 1.165) is 24.8 Å². The molecular formula is C48H68FNO11. The molecule has 0 aromatic heterocycles. The lowest BCUT2D eigenvalue weighted by molar-refractivity contribution is -0.184. The summed E-state index contributed by atoms with van der Waals surface area (Å²) in [5, 5.41) is 54.8. The van der Waals surface area contributed by atoms with Gasteiger partial charge in [-0.05, 0) is 136 Å². The third-order valence-corrected chi connectivity index (χ3v) is 18.4. The van der Waals surface area contributed by atoms with E-state index in [2.05, 4.69) is 6.92 Å². The second kappa shape index (κ2) is 16.2. The van der Waals surface area contributed by atoms with Gasteiger partial charge in [0.25, 0.3) is 0 Å². The summed E-state index contributed by atoms with van der Waals surface area (Å²) in [5.74, 6) is -1.89. The van der Waals surface area contributed by atoms with Crippen LogP contribution < -0.4 is 0 Å². The summed E-state index contributed by atoms with van der Waals surface area (Å²) in [7, 11) is 0. The van der Waals surface area contributed by atoms with E-state index in [4.69, 9.17) is 4.74 Å². The second-order valence-corrected chi connectivity index (χ2v) is 20.8. The fourth-order valence-electron chi connectivity index (χ4n) is 15.0. The molecule has 338 valence electrons. The number of esters is 1. The molecule has 0 aromatic carbocycles. The highest BCUT2D eigenvalue weighted by Crippen LogP contribution is 2.69. The van der Waals surface area contributed by atoms with Crippen LogP contribution in [-0.2, 0) is 28.7 Å². The number of ether oxygens (including phenoxy) is 1. The van der Waals surface area contributed by atoms with E-state index in [1.54, 1.807) is 19.1 Å². The highest BCUT2D eigenvalue weighted by molar-refractivity contribution is 6.01. The van der Waals surface area contributed by atoms with Crippen molar-refractivity contribution >= 4 is 29.1 Å². The number of ketones is 4. The van der Waals surface area contributed by atoms with Crippen LogP contribution in [0.3, 0.4) is 0 Å². The molecule has 6 fully saturated rings. The molecule has 6 saturated carbocycles. The number of halogens is 1. The van der Waals surface area contributed by atoms with Crippen molar-refractivity contribution in [1.82, 2.24) is 4.90 Å². The highest BCUT2D eigenvalue weighted by atomic mass is 19.1. The van der Waals surface area contributed by atoms with E-state index in [9.17, 15) is 49.5 Å². The summed E-state index contributed by atoms with van der Waals surface area (Å²) in [4.78, 5) is 63.6. The lowest BCUT2D eigenvalue weighted by Gasteiger charge is -2.60. The van der Waals surface area contributed by atoms with Crippen molar-refractivity contribution in [2.75, 3.05) is 32.8 Å². The molecule has 0 radical (unpaired) electrons. The molecule has 0 saturated heterocycles. The number of allylic oxidation sites excluding steroid dienone is 5. The van der Waals surface area contributed by atoms with E-state index >= 15 is 4.39 Å². The van der Waals surface area contributed by atoms with Gasteiger partial charge < -0.3 is 30.3 Å². The second-order valence-electron chi connectivity index (χ2n) is 20.8. The number of carbonyl (C=O) groups excluding carboxylic acids is 5. The van der Waals surface area contributed by atoms with Crippen LogP contribution in [0, 0.1) is 57.2 Å². The van der Waals surface area contributed by atoms with E-state index in [1.807, 2.05) is 32.6 Å².